The Morgan fingerprint density at radius 2 is 1.94 bits per heavy atom. The van der Waals surface area contributed by atoms with Crippen LogP contribution < -0.4 is 5.73 Å². The van der Waals surface area contributed by atoms with Crippen LogP contribution in [-0.4, -0.2) is 11.8 Å². The molecule has 1 fully saturated rings. The van der Waals surface area contributed by atoms with Crippen molar-refractivity contribution in [3.8, 4) is 0 Å². The van der Waals surface area contributed by atoms with Gasteiger partial charge in [0, 0.05) is 17.9 Å². The summed E-state index contributed by atoms with van der Waals surface area (Å²) in [6.07, 6.45) is 10.8. The number of ketones is 1. The van der Waals surface area contributed by atoms with Crippen molar-refractivity contribution in [3.05, 3.63) is 12.2 Å². The molecule has 2 atom stereocenters. The molecule has 16 heavy (non-hydrogen) atoms. The largest absolute Gasteiger partial charge is 0.324 e. The number of carbonyl (C=O) groups excluding carboxylic acids is 1. The first-order valence-electron chi connectivity index (χ1n) is 6.68. The minimum absolute atomic E-state index is 0.112. The van der Waals surface area contributed by atoms with E-state index in [1.165, 1.54) is 19.3 Å². The van der Waals surface area contributed by atoms with Gasteiger partial charge in [-0.25, -0.2) is 0 Å². The third-order valence-corrected chi connectivity index (χ3v) is 4.31. The van der Waals surface area contributed by atoms with Gasteiger partial charge in [0.1, 0.15) is 5.78 Å². The molecular weight excluding hydrogens is 198 g/mol. The lowest BCUT2D eigenvalue weighted by Crippen LogP contribution is -2.27. The molecule has 0 aliphatic heterocycles. The average Bonchev–Trinajstić information content (AvgIpc) is 2.75. The van der Waals surface area contributed by atoms with E-state index < -0.39 is 0 Å². The van der Waals surface area contributed by atoms with E-state index in [9.17, 15) is 4.79 Å². The van der Waals surface area contributed by atoms with Crippen molar-refractivity contribution < 1.29 is 4.79 Å². The summed E-state index contributed by atoms with van der Waals surface area (Å²) >= 11 is 0. The molecule has 2 aliphatic carbocycles. The summed E-state index contributed by atoms with van der Waals surface area (Å²) in [5, 5.41) is 0. The Labute approximate surface area is 98.3 Å². The molecule has 2 nitrogen and oxygen atoms in total. The van der Waals surface area contributed by atoms with Gasteiger partial charge in [0.25, 0.3) is 0 Å². The third-order valence-electron chi connectivity index (χ3n) is 4.31. The lowest BCUT2D eigenvalue weighted by Gasteiger charge is -2.28. The van der Waals surface area contributed by atoms with Gasteiger partial charge in [-0.3, -0.25) is 4.79 Å². The Balaban J connectivity index is 1.85. The van der Waals surface area contributed by atoms with Crippen LogP contribution in [0.4, 0.5) is 0 Å². The highest BCUT2D eigenvalue weighted by atomic mass is 16.1. The standard InChI is InChI=1S/C14H23NO/c1-2-10-3-5-11(6-4-10)14(16)12-7-8-13(15)9-12/h7-8,10-13H,2-6,9,15H2,1H3. The molecule has 2 N–H and O–H groups in total. The molecule has 2 rings (SSSR count). The molecule has 0 heterocycles. The van der Waals surface area contributed by atoms with Gasteiger partial charge in [-0.15, -0.1) is 0 Å². The van der Waals surface area contributed by atoms with E-state index in [0.717, 1.165) is 25.2 Å². The van der Waals surface area contributed by atoms with Crippen LogP contribution in [0.2, 0.25) is 0 Å². The Hall–Kier alpha value is -0.630. The zero-order valence-corrected chi connectivity index (χ0v) is 10.2. The monoisotopic (exact) mass is 221 g/mol. The average molecular weight is 221 g/mol. The summed E-state index contributed by atoms with van der Waals surface area (Å²) in [6.45, 7) is 2.26. The molecular formula is C14H23NO. The molecule has 0 aromatic heterocycles. The Morgan fingerprint density at radius 3 is 2.44 bits per heavy atom. The highest BCUT2D eigenvalue weighted by Crippen LogP contribution is 2.34. The third kappa shape index (κ3) is 2.54. The number of carbonyl (C=O) groups is 1. The van der Waals surface area contributed by atoms with Crippen molar-refractivity contribution in [1.82, 2.24) is 0 Å². The van der Waals surface area contributed by atoms with Crippen LogP contribution in [0, 0.1) is 17.8 Å². The van der Waals surface area contributed by atoms with Gasteiger partial charge in [0.15, 0.2) is 0 Å². The fraction of sp³-hybridized carbons (Fsp3) is 0.786. The van der Waals surface area contributed by atoms with Gasteiger partial charge in [-0.2, -0.15) is 0 Å². The van der Waals surface area contributed by atoms with Crippen molar-refractivity contribution in [3.63, 3.8) is 0 Å². The summed E-state index contributed by atoms with van der Waals surface area (Å²) in [4.78, 5) is 12.2. The number of nitrogens with two attached hydrogens (primary N) is 1. The Morgan fingerprint density at radius 1 is 1.25 bits per heavy atom. The van der Waals surface area contributed by atoms with E-state index in [2.05, 4.69) is 6.92 Å². The van der Waals surface area contributed by atoms with E-state index in [-0.39, 0.29) is 12.0 Å². The predicted octanol–water partition coefficient (Wildman–Crippen LogP) is 2.68. The van der Waals surface area contributed by atoms with Crippen molar-refractivity contribution in [2.24, 2.45) is 23.5 Å². The van der Waals surface area contributed by atoms with E-state index in [4.69, 9.17) is 5.73 Å². The molecule has 0 aromatic carbocycles. The van der Waals surface area contributed by atoms with Crippen LogP contribution in [0.3, 0.4) is 0 Å². The number of allylic oxidation sites excluding steroid dienone is 1. The first kappa shape index (κ1) is 11.8. The van der Waals surface area contributed by atoms with Crippen LogP contribution in [0.25, 0.3) is 0 Å². The minimum Gasteiger partial charge on any atom is -0.324 e. The van der Waals surface area contributed by atoms with Crippen molar-refractivity contribution in [2.75, 3.05) is 0 Å². The SMILES string of the molecule is CCC1CCC(C(=O)C2C=CC(N)C2)CC1. The maximum Gasteiger partial charge on any atom is 0.142 e. The van der Waals surface area contributed by atoms with E-state index in [0.29, 0.717) is 11.7 Å². The lowest BCUT2D eigenvalue weighted by molar-refractivity contribution is -0.126. The summed E-state index contributed by atoms with van der Waals surface area (Å²) in [5.41, 5.74) is 5.80. The fourth-order valence-electron chi connectivity index (χ4n) is 3.10. The zero-order chi connectivity index (χ0) is 11.5. The minimum atomic E-state index is 0.112. The highest BCUT2D eigenvalue weighted by molar-refractivity contribution is 5.85. The van der Waals surface area contributed by atoms with Crippen LogP contribution >= 0.6 is 0 Å². The molecule has 90 valence electrons. The molecule has 2 unspecified atom stereocenters. The molecule has 0 amide bonds. The van der Waals surface area contributed by atoms with Gasteiger partial charge in [-0.1, -0.05) is 25.5 Å². The second-order valence-corrected chi connectivity index (χ2v) is 5.42. The van der Waals surface area contributed by atoms with Gasteiger partial charge in [0.05, 0.1) is 0 Å². The molecule has 1 saturated carbocycles. The van der Waals surface area contributed by atoms with E-state index in [1.807, 2.05) is 12.2 Å². The van der Waals surface area contributed by atoms with Crippen LogP contribution in [-0.2, 0) is 4.79 Å². The van der Waals surface area contributed by atoms with Crippen molar-refractivity contribution in [2.45, 2.75) is 51.5 Å². The molecule has 0 saturated heterocycles. The fourth-order valence-corrected chi connectivity index (χ4v) is 3.10. The normalized spacial score (nSPS) is 38.9. The Bertz CT molecular complexity index is 276. The molecule has 0 aromatic rings. The maximum atomic E-state index is 12.2. The zero-order valence-electron chi connectivity index (χ0n) is 10.2. The summed E-state index contributed by atoms with van der Waals surface area (Å²) in [7, 11) is 0. The molecule has 0 radical (unpaired) electrons. The van der Waals surface area contributed by atoms with E-state index >= 15 is 0 Å². The van der Waals surface area contributed by atoms with Gasteiger partial charge in [-0.05, 0) is 38.0 Å². The molecule has 2 heteroatoms. The quantitative estimate of drug-likeness (QED) is 0.745. The van der Waals surface area contributed by atoms with Crippen LogP contribution in [0.1, 0.15) is 45.4 Å². The number of hydrogen-bond donors (Lipinski definition) is 1. The molecule has 0 spiro atoms. The smallest absolute Gasteiger partial charge is 0.142 e. The summed E-state index contributed by atoms with van der Waals surface area (Å²) in [6, 6.07) is 0.112. The van der Waals surface area contributed by atoms with Crippen LogP contribution in [0.5, 0.6) is 0 Å². The van der Waals surface area contributed by atoms with Crippen molar-refractivity contribution >= 4 is 5.78 Å². The van der Waals surface area contributed by atoms with Gasteiger partial charge >= 0.3 is 0 Å². The Kier molecular flexibility index (Phi) is 3.80. The topological polar surface area (TPSA) is 43.1 Å². The lowest BCUT2D eigenvalue weighted by atomic mass is 9.76. The summed E-state index contributed by atoms with van der Waals surface area (Å²) < 4.78 is 0. The van der Waals surface area contributed by atoms with Crippen molar-refractivity contribution in [1.29, 1.82) is 0 Å². The van der Waals surface area contributed by atoms with Gasteiger partial charge < -0.3 is 5.73 Å². The summed E-state index contributed by atoms with van der Waals surface area (Å²) in [5.74, 6) is 1.77. The predicted molar refractivity (Wildman–Crippen MR) is 66.0 cm³/mol. The second-order valence-electron chi connectivity index (χ2n) is 5.42. The maximum absolute atomic E-state index is 12.2. The number of rotatable bonds is 3. The second kappa shape index (κ2) is 5.13. The molecule has 2 aliphatic rings. The first-order chi connectivity index (χ1) is 7.70. The first-order valence-corrected chi connectivity index (χ1v) is 6.68. The number of hydrogen-bond acceptors (Lipinski definition) is 2. The van der Waals surface area contributed by atoms with Gasteiger partial charge in [0.2, 0.25) is 0 Å². The highest BCUT2D eigenvalue weighted by Gasteiger charge is 2.31. The van der Waals surface area contributed by atoms with E-state index in [1.54, 1.807) is 0 Å². The van der Waals surface area contributed by atoms with Crippen LogP contribution in [0.15, 0.2) is 12.2 Å². The number of Topliss-reactive ketones (excluding diaryl/α,β-unsaturated/α-hetero) is 1. The molecule has 0 bridgehead atoms.